The first-order valence-corrected chi connectivity index (χ1v) is 10.8. The summed E-state index contributed by atoms with van der Waals surface area (Å²) in [6.45, 7) is 5.23. The maximum Gasteiger partial charge on any atom is 0.0429 e. The second-order valence-electron chi connectivity index (χ2n) is 8.80. The number of nitrogens with one attached hydrogen (secondary N) is 1. The number of fused-ring (bicyclic) bond motifs is 3. The zero-order valence-electron chi connectivity index (χ0n) is 17.7. The second-order valence-corrected chi connectivity index (χ2v) is 8.80. The number of nitrogens with two attached hydrogens (primary N) is 1. The molecule has 150 valence electrons. The van der Waals surface area contributed by atoms with Gasteiger partial charge in [0.25, 0.3) is 0 Å². The summed E-state index contributed by atoms with van der Waals surface area (Å²) < 4.78 is 0. The van der Waals surface area contributed by atoms with Crippen molar-refractivity contribution in [2.24, 2.45) is 5.73 Å². The van der Waals surface area contributed by atoms with Crippen LogP contribution in [0, 0.1) is 0 Å². The molecule has 2 aliphatic rings. The lowest BCUT2D eigenvalue weighted by atomic mass is 9.80. The van der Waals surface area contributed by atoms with E-state index in [1.54, 1.807) is 0 Å². The van der Waals surface area contributed by atoms with Gasteiger partial charge in [-0.2, -0.15) is 0 Å². The van der Waals surface area contributed by atoms with E-state index in [4.69, 9.17) is 5.73 Å². The van der Waals surface area contributed by atoms with E-state index in [2.05, 4.69) is 104 Å². The molecule has 1 atom stereocenters. The molecule has 2 nitrogen and oxygen atoms in total. The highest BCUT2D eigenvalue weighted by molar-refractivity contribution is 5.88. The third-order valence-electron chi connectivity index (χ3n) is 6.58. The fourth-order valence-corrected chi connectivity index (χ4v) is 5.04. The van der Waals surface area contributed by atoms with E-state index >= 15 is 0 Å². The Bertz CT molecular complexity index is 1170. The van der Waals surface area contributed by atoms with Crippen molar-refractivity contribution in [3.05, 3.63) is 107 Å². The van der Waals surface area contributed by atoms with Gasteiger partial charge in [0.1, 0.15) is 0 Å². The Kier molecular flexibility index (Phi) is 4.60. The fourth-order valence-electron chi connectivity index (χ4n) is 5.04. The number of anilines is 2. The quantitative estimate of drug-likeness (QED) is 0.513. The molecule has 5 rings (SSSR count). The molecule has 3 aromatic rings. The van der Waals surface area contributed by atoms with Crippen LogP contribution < -0.4 is 11.1 Å². The SMILES string of the molecule is CC1(C)c2ccccc2-c2c1ccc(Nc1cccc(CN)c1)c2C1C=CC=CC1. The van der Waals surface area contributed by atoms with E-state index in [-0.39, 0.29) is 5.41 Å². The molecule has 30 heavy (non-hydrogen) atoms. The number of allylic oxidation sites excluding steroid dienone is 4. The van der Waals surface area contributed by atoms with E-state index < -0.39 is 0 Å². The summed E-state index contributed by atoms with van der Waals surface area (Å²) in [7, 11) is 0. The highest BCUT2D eigenvalue weighted by atomic mass is 14.9. The van der Waals surface area contributed by atoms with Gasteiger partial charge in [0.05, 0.1) is 0 Å². The molecule has 0 fully saturated rings. The van der Waals surface area contributed by atoms with Crippen LogP contribution in [0.1, 0.15) is 48.4 Å². The Morgan fingerprint density at radius 2 is 1.83 bits per heavy atom. The standard InChI is InChI=1S/C28H28N2/c1-28(2)23-14-7-6-13-22(23)27-24(28)15-16-25(26(27)20-10-4-3-5-11-20)30-21-12-8-9-19(17-21)18-29/h3-10,12-17,20,30H,11,18,29H2,1-2H3. The van der Waals surface area contributed by atoms with Gasteiger partial charge >= 0.3 is 0 Å². The van der Waals surface area contributed by atoms with Crippen molar-refractivity contribution in [2.75, 3.05) is 5.32 Å². The summed E-state index contributed by atoms with van der Waals surface area (Å²) in [5, 5.41) is 3.72. The molecule has 1 unspecified atom stereocenters. The Morgan fingerprint density at radius 1 is 0.967 bits per heavy atom. The summed E-state index contributed by atoms with van der Waals surface area (Å²) >= 11 is 0. The molecule has 3 N–H and O–H groups in total. The van der Waals surface area contributed by atoms with Crippen molar-refractivity contribution in [3.8, 4) is 11.1 Å². The van der Waals surface area contributed by atoms with E-state index in [0.717, 1.165) is 17.7 Å². The van der Waals surface area contributed by atoms with Gasteiger partial charge in [0.15, 0.2) is 0 Å². The van der Waals surface area contributed by atoms with Gasteiger partial charge in [0.2, 0.25) is 0 Å². The average Bonchev–Trinajstić information content (AvgIpc) is 3.02. The number of hydrogen-bond acceptors (Lipinski definition) is 2. The summed E-state index contributed by atoms with van der Waals surface area (Å²) in [6, 6.07) is 21.9. The van der Waals surface area contributed by atoms with Crippen molar-refractivity contribution < 1.29 is 0 Å². The molecule has 0 aromatic heterocycles. The number of benzene rings is 3. The fraction of sp³-hybridized carbons (Fsp3) is 0.214. The molecule has 2 aliphatic carbocycles. The second kappa shape index (κ2) is 7.30. The maximum atomic E-state index is 5.87. The van der Waals surface area contributed by atoms with Crippen LogP contribution in [0.25, 0.3) is 11.1 Å². The third kappa shape index (κ3) is 3.00. The highest BCUT2D eigenvalue weighted by Crippen LogP contribution is 2.53. The average molecular weight is 393 g/mol. The Balaban J connectivity index is 1.72. The van der Waals surface area contributed by atoms with Crippen molar-refractivity contribution in [1.29, 1.82) is 0 Å². The van der Waals surface area contributed by atoms with Crippen LogP contribution >= 0.6 is 0 Å². The van der Waals surface area contributed by atoms with Crippen molar-refractivity contribution in [1.82, 2.24) is 0 Å². The first-order valence-electron chi connectivity index (χ1n) is 10.8. The van der Waals surface area contributed by atoms with Crippen LogP contribution in [0.5, 0.6) is 0 Å². The number of rotatable bonds is 4. The highest BCUT2D eigenvalue weighted by Gasteiger charge is 2.38. The summed E-state index contributed by atoms with van der Waals surface area (Å²) in [6.07, 6.45) is 9.96. The van der Waals surface area contributed by atoms with Gasteiger partial charge in [0, 0.05) is 29.3 Å². The lowest BCUT2D eigenvalue weighted by Gasteiger charge is -2.26. The van der Waals surface area contributed by atoms with Crippen LogP contribution in [0.3, 0.4) is 0 Å². The van der Waals surface area contributed by atoms with E-state index in [9.17, 15) is 0 Å². The van der Waals surface area contributed by atoms with E-state index in [1.165, 1.54) is 33.5 Å². The minimum absolute atomic E-state index is 0.00684. The van der Waals surface area contributed by atoms with E-state index in [0.29, 0.717) is 12.5 Å². The first-order chi connectivity index (χ1) is 14.6. The predicted octanol–water partition coefficient (Wildman–Crippen LogP) is 6.79. The van der Waals surface area contributed by atoms with E-state index in [1.807, 2.05) is 0 Å². The summed E-state index contributed by atoms with van der Waals surface area (Å²) in [5.41, 5.74) is 16.3. The lowest BCUT2D eigenvalue weighted by Crippen LogP contribution is -2.15. The molecule has 0 bridgehead atoms. The van der Waals surface area contributed by atoms with Crippen LogP contribution in [0.4, 0.5) is 11.4 Å². The van der Waals surface area contributed by atoms with Crippen LogP contribution in [-0.4, -0.2) is 0 Å². The number of hydrogen-bond donors (Lipinski definition) is 2. The maximum absolute atomic E-state index is 5.87. The molecule has 0 spiro atoms. The first kappa shape index (κ1) is 18.9. The van der Waals surface area contributed by atoms with Crippen LogP contribution in [0.2, 0.25) is 0 Å². The molecule has 0 saturated carbocycles. The third-order valence-corrected chi connectivity index (χ3v) is 6.58. The Labute approximate surface area is 179 Å². The molecule has 0 amide bonds. The van der Waals surface area contributed by atoms with Crippen LogP contribution in [0.15, 0.2) is 85.0 Å². The minimum atomic E-state index is 0.00684. The minimum Gasteiger partial charge on any atom is -0.355 e. The van der Waals surface area contributed by atoms with Gasteiger partial charge in [-0.25, -0.2) is 0 Å². The molecule has 0 aliphatic heterocycles. The van der Waals surface area contributed by atoms with Crippen LogP contribution in [-0.2, 0) is 12.0 Å². The molecular formula is C28H28N2. The van der Waals surface area contributed by atoms with Gasteiger partial charge in [-0.1, -0.05) is 80.6 Å². The molecule has 3 aromatic carbocycles. The molecular weight excluding hydrogens is 364 g/mol. The Hall–Kier alpha value is -3.10. The summed E-state index contributed by atoms with van der Waals surface area (Å²) in [4.78, 5) is 0. The van der Waals surface area contributed by atoms with Gasteiger partial charge in [-0.3, -0.25) is 0 Å². The topological polar surface area (TPSA) is 38.0 Å². The normalized spacial score (nSPS) is 18.2. The predicted molar refractivity (Wildman–Crippen MR) is 127 cm³/mol. The van der Waals surface area contributed by atoms with Gasteiger partial charge < -0.3 is 11.1 Å². The smallest absolute Gasteiger partial charge is 0.0429 e. The zero-order chi connectivity index (χ0) is 20.7. The van der Waals surface area contributed by atoms with Gasteiger partial charge in [-0.05, 0) is 58.0 Å². The van der Waals surface area contributed by atoms with Crippen molar-refractivity contribution >= 4 is 11.4 Å². The largest absolute Gasteiger partial charge is 0.355 e. The molecule has 0 radical (unpaired) electrons. The van der Waals surface area contributed by atoms with Crippen molar-refractivity contribution in [3.63, 3.8) is 0 Å². The monoisotopic (exact) mass is 392 g/mol. The van der Waals surface area contributed by atoms with Crippen molar-refractivity contribution in [2.45, 2.75) is 38.1 Å². The Morgan fingerprint density at radius 3 is 2.63 bits per heavy atom. The molecule has 2 heteroatoms. The molecule has 0 heterocycles. The lowest BCUT2D eigenvalue weighted by molar-refractivity contribution is 0.659. The molecule has 0 saturated heterocycles. The van der Waals surface area contributed by atoms with Gasteiger partial charge in [-0.15, -0.1) is 0 Å². The summed E-state index contributed by atoms with van der Waals surface area (Å²) in [5.74, 6) is 0.354. The zero-order valence-corrected chi connectivity index (χ0v) is 17.7.